The smallest absolute Gasteiger partial charge is 0.228 e. The van der Waals surface area contributed by atoms with Crippen LogP contribution >= 0.6 is 11.6 Å². The van der Waals surface area contributed by atoms with Crippen LogP contribution in [0.1, 0.15) is 5.56 Å². The number of halogens is 1. The third kappa shape index (κ3) is 1.55. The topological polar surface area (TPSA) is 83.8 Å². The fourth-order valence-corrected chi connectivity index (χ4v) is 2.27. The number of aromatic nitrogens is 2. The molecule has 0 saturated heterocycles. The second-order valence-electron chi connectivity index (χ2n) is 3.91. The van der Waals surface area contributed by atoms with Crippen molar-refractivity contribution in [3.05, 3.63) is 28.9 Å². The molecule has 0 aliphatic carbocycles. The number of nitrogens with two attached hydrogens (primary N) is 1. The van der Waals surface area contributed by atoms with Crippen molar-refractivity contribution in [3.8, 4) is 11.1 Å². The van der Waals surface area contributed by atoms with Gasteiger partial charge in [-0.05, 0) is 23.3 Å². The molecule has 6 heteroatoms. The SMILES string of the molecule is Nc1[nH]ncc1-c1cc(Cl)c2c(c1)CC(=O)N2. The number of nitrogen functional groups attached to an aromatic ring is 1. The van der Waals surface area contributed by atoms with Gasteiger partial charge in [0.2, 0.25) is 5.91 Å². The highest BCUT2D eigenvalue weighted by atomic mass is 35.5. The summed E-state index contributed by atoms with van der Waals surface area (Å²) in [6.45, 7) is 0. The van der Waals surface area contributed by atoms with E-state index in [0.717, 1.165) is 16.7 Å². The van der Waals surface area contributed by atoms with E-state index >= 15 is 0 Å². The quantitative estimate of drug-likeness (QED) is 0.720. The highest BCUT2D eigenvalue weighted by molar-refractivity contribution is 6.34. The number of rotatable bonds is 1. The summed E-state index contributed by atoms with van der Waals surface area (Å²) in [6.07, 6.45) is 1.98. The Labute approximate surface area is 102 Å². The number of aromatic amines is 1. The fraction of sp³-hybridized carbons (Fsp3) is 0.0909. The Morgan fingerprint density at radius 1 is 1.41 bits per heavy atom. The van der Waals surface area contributed by atoms with Crippen LogP contribution in [0.3, 0.4) is 0 Å². The van der Waals surface area contributed by atoms with Gasteiger partial charge in [0.1, 0.15) is 5.82 Å². The summed E-state index contributed by atoms with van der Waals surface area (Å²) in [5.41, 5.74) is 8.98. The molecule has 1 aliphatic rings. The molecule has 1 amide bonds. The van der Waals surface area contributed by atoms with Crippen LogP contribution < -0.4 is 11.1 Å². The lowest BCUT2D eigenvalue weighted by atomic mass is 10.0. The lowest BCUT2D eigenvalue weighted by molar-refractivity contribution is -0.115. The molecule has 0 bridgehead atoms. The Morgan fingerprint density at radius 3 is 2.94 bits per heavy atom. The molecule has 1 aromatic heterocycles. The predicted octanol–water partition coefficient (Wildman–Crippen LogP) is 1.81. The van der Waals surface area contributed by atoms with Gasteiger partial charge in [0, 0.05) is 5.56 Å². The molecule has 1 aromatic carbocycles. The summed E-state index contributed by atoms with van der Waals surface area (Å²) >= 11 is 6.12. The summed E-state index contributed by atoms with van der Waals surface area (Å²) in [6, 6.07) is 3.67. The Balaban J connectivity index is 2.16. The van der Waals surface area contributed by atoms with Gasteiger partial charge in [-0.1, -0.05) is 11.6 Å². The number of H-pyrrole nitrogens is 1. The van der Waals surface area contributed by atoms with Crippen LogP contribution in [0.15, 0.2) is 18.3 Å². The van der Waals surface area contributed by atoms with Crippen molar-refractivity contribution < 1.29 is 4.79 Å². The molecule has 86 valence electrons. The fourth-order valence-electron chi connectivity index (χ4n) is 1.98. The molecule has 0 fully saturated rings. The van der Waals surface area contributed by atoms with Crippen molar-refractivity contribution >= 4 is 29.0 Å². The summed E-state index contributed by atoms with van der Waals surface area (Å²) in [4.78, 5) is 11.3. The van der Waals surface area contributed by atoms with Gasteiger partial charge in [-0.25, -0.2) is 0 Å². The molecule has 17 heavy (non-hydrogen) atoms. The molecule has 0 spiro atoms. The van der Waals surface area contributed by atoms with Gasteiger partial charge in [-0.15, -0.1) is 0 Å². The molecule has 3 rings (SSSR count). The van der Waals surface area contributed by atoms with Gasteiger partial charge in [0.15, 0.2) is 0 Å². The number of hydrogen-bond acceptors (Lipinski definition) is 3. The first-order chi connectivity index (χ1) is 8.15. The number of carbonyl (C=O) groups excluding carboxylic acids is 1. The molecule has 1 aliphatic heterocycles. The van der Waals surface area contributed by atoms with E-state index in [0.29, 0.717) is 22.9 Å². The number of benzene rings is 1. The first-order valence-corrected chi connectivity index (χ1v) is 5.44. The average molecular weight is 249 g/mol. The van der Waals surface area contributed by atoms with Gasteiger partial charge >= 0.3 is 0 Å². The number of amides is 1. The summed E-state index contributed by atoms with van der Waals surface area (Å²) in [5, 5.41) is 9.77. The Hall–Kier alpha value is -2.01. The molecule has 4 N–H and O–H groups in total. The molecule has 0 radical (unpaired) electrons. The third-order valence-corrected chi connectivity index (χ3v) is 3.07. The van der Waals surface area contributed by atoms with Crippen molar-refractivity contribution in [1.82, 2.24) is 10.2 Å². The van der Waals surface area contributed by atoms with Crippen molar-refractivity contribution in [1.29, 1.82) is 0 Å². The van der Waals surface area contributed by atoms with Gasteiger partial charge in [0.05, 0.1) is 23.3 Å². The van der Waals surface area contributed by atoms with E-state index in [1.54, 1.807) is 12.3 Å². The third-order valence-electron chi connectivity index (χ3n) is 2.77. The number of carbonyl (C=O) groups is 1. The molecule has 0 atom stereocenters. The number of nitrogens with zero attached hydrogens (tertiary/aromatic N) is 1. The molecular weight excluding hydrogens is 240 g/mol. The van der Waals surface area contributed by atoms with Gasteiger partial charge in [-0.3, -0.25) is 9.89 Å². The van der Waals surface area contributed by atoms with Gasteiger partial charge < -0.3 is 11.1 Å². The van der Waals surface area contributed by atoms with E-state index in [2.05, 4.69) is 15.5 Å². The highest BCUT2D eigenvalue weighted by Crippen LogP contribution is 2.36. The van der Waals surface area contributed by atoms with E-state index in [4.69, 9.17) is 17.3 Å². The minimum absolute atomic E-state index is 0.0424. The van der Waals surface area contributed by atoms with Crippen LogP contribution in [0.4, 0.5) is 11.5 Å². The zero-order valence-corrected chi connectivity index (χ0v) is 9.51. The second-order valence-corrected chi connectivity index (χ2v) is 4.32. The summed E-state index contributed by atoms with van der Waals surface area (Å²) in [5.74, 6) is 0.442. The molecule has 2 aromatic rings. The minimum Gasteiger partial charge on any atom is -0.384 e. The normalized spacial score (nSPS) is 13.6. The minimum atomic E-state index is -0.0424. The largest absolute Gasteiger partial charge is 0.384 e. The van der Waals surface area contributed by atoms with Crippen molar-refractivity contribution in [2.45, 2.75) is 6.42 Å². The van der Waals surface area contributed by atoms with Crippen molar-refractivity contribution in [2.24, 2.45) is 0 Å². The van der Waals surface area contributed by atoms with Crippen LogP contribution in [0, 0.1) is 0 Å². The van der Waals surface area contributed by atoms with E-state index in [9.17, 15) is 4.79 Å². The van der Waals surface area contributed by atoms with Crippen LogP contribution in [-0.2, 0) is 11.2 Å². The summed E-state index contributed by atoms with van der Waals surface area (Å²) in [7, 11) is 0. The lowest BCUT2D eigenvalue weighted by Crippen LogP contribution is -2.03. The first-order valence-electron chi connectivity index (χ1n) is 5.06. The van der Waals surface area contributed by atoms with E-state index in [-0.39, 0.29) is 5.91 Å². The Bertz CT molecular complexity index is 620. The van der Waals surface area contributed by atoms with E-state index < -0.39 is 0 Å². The zero-order chi connectivity index (χ0) is 12.0. The maximum absolute atomic E-state index is 11.3. The van der Waals surface area contributed by atoms with Crippen LogP contribution in [-0.4, -0.2) is 16.1 Å². The second kappa shape index (κ2) is 3.49. The first kappa shape index (κ1) is 10.2. The van der Waals surface area contributed by atoms with E-state index in [1.807, 2.05) is 6.07 Å². The molecule has 5 nitrogen and oxygen atoms in total. The standard InChI is InChI=1S/C11H9ClN4O/c12-8-2-5(7-4-14-16-11(7)13)1-6-3-9(17)15-10(6)8/h1-2,4H,3H2,(H,15,17)(H3,13,14,16). The lowest BCUT2D eigenvalue weighted by Gasteiger charge is -2.05. The number of nitrogens with one attached hydrogen (secondary N) is 2. The molecule has 0 saturated carbocycles. The van der Waals surface area contributed by atoms with Gasteiger partial charge in [0.25, 0.3) is 0 Å². The zero-order valence-electron chi connectivity index (χ0n) is 8.75. The molecule has 0 unspecified atom stereocenters. The van der Waals surface area contributed by atoms with Crippen LogP contribution in [0.2, 0.25) is 5.02 Å². The number of anilines is 2. The summed E-state index contributed by atoms with van der Waals surface area (Å²) < 4.78 is 0. The molecular formula is C11H9ClN4O. The van der Waals surface area contributed by atoms with E-state index in [1.165, 1.54) is 0 Å². The highest BCUT2D eigenvalue weighted by Gasteiger charge is 2.21. The van der Waals surface area contributed by atoms with Crippen molar-refractivity contribution in [3.63, 3.8) is 0 Å². The number of fused-ring (bicyclic) bond motifs is 1. The maximum atomic E-state index is 11.3. The monoisotopic (exact) mass is 248 g/mol. The Morgan fingerprint density at radius 2 is 2.24 bits per heavy atom. The average Bonchev–Trinajstić information content (AvgIpc) is 2.83. The van der Waals surface area contributed by atoms with Crippen LogP contribution in [0.5, 0.6) is 0 Å². The predicted molar refractivity (Wildman–Crippen MR) is 65.8 cm³/mol. The van der Waals surface area contributed by atoms with Crippen molar-refractivity contribution in [2.75, 3.05) is 11.1 Å². The Kier molecular flexibility index (Phi) is 2.09. The maximum Gasteiger partial charge on any atom is 0.228 e. The number of hydrogen-bond donors (Lipinski definition) is 3. The molecule has 2 heterocycles. The van der Waals surface area contributed by atoms with Gasteiger partial charge in [-0.2, -0.15) is 5.10 Å². The van der Waals surface area contributed by atoms with Crippen LogP contribution in [0.25, 0.3) is 11.1 Å².